The van der Waals surface area contributed by atoms with E-state index in [2.05, 4.69) is 0 Å². The zero-order valence-corrected chi connectivity index (χ0v) is 16.8. The van der Waals surface area contributed by atoms with E-state index in [-0.39, 0.29) is 5.91 Å². The normalized spacial score (nSPS) is 20.8. The molecule has 1 amide bonds. The van der Waals surface area contributed by atoms with Gasteiger partial charge in [-0.15, -0.1) is 0 Å². The first-order valence-corrected chi connectivity index (χ1v) is 9.24. The molecule has 0 aromatic heterocycles. The van der Waals surface area contributed by atoms with E-state index in [0.29, 0.717) is 56.4 Å². The third kappa shape index (κ3) is 3.34. The molecule has 0 unspecified atom stereocenters. The van der Waals surface area contributed by atoms with E-state index in [1.807, 2.05) is 30.9 Å². The van der Waals surface area contributed by atoms with Crippen molar-refractivity contribution in [3.05, 3.63) is 17.7 Å². The molecule has 27 heavy (non-hydrogen) atoms. The highest BCUT2D eigenvalue weighted by atomic mass is 16.7. The number of amides is 1. The lowest BCUT2D eigenvalue weighted by Gasteiger charge is -2.48. The summed E-state index contributed by atoms with van der Waals surface area (Å²) in [6, 6.07) is 3.84. The molecule has 3 rings (SSSR count). The monoisotopic (exact) mass is 379 g/mol. The number of benzene rings is 1. The molecular weight excluding hydrogens is 350 g/mol. The van der Waals surface area contributed by atoms with E-state index >= 15 is 0 Å². The Kier molecular flexibility index (Phi) is 5.53. The molecule has 0 N–H and O–H groups in total. The summed E-state index contributed by atoms with van der Waals surface area (Å²) in [5.74, 6) is 1.07. The molecular formula is C20H29NO6. The molecule has 1 aromatic carbocycles. The molecule has 2 heterocycles. The van der Waals surface area contributed by atoms with Crippen LogP contribution in [0.2, 0.25) is 0 Å². The maximum atomic E-state index is 13.1. The van der Waals surface area contributed by atoms with Crippen LogP contribution in [0.3, 0.4) is 0 Å². The number of rotatable bonds is 6. The second-order valence-corrected chi connectivity index (χ2v) is 7.40. The van der Waals surface area contributed by atoms with Crippen molar-refractivity contribution in [2.24, 2.45) is 5.41 Å². The SMILES string of the molecule is COc1cc(CCN2CCC3(OCCO3)C(C)(C)C2=O)cc(OC)c1OC. The van der Waals surface area contributed by atoms with E-state index in [4.69, 9.17) is 23.7 Å². The van der Waals surface area contributed by atoms with Crippen molar-refractivity contribution in [1.29, 1.82) is 0 Å². The van der Waals surface area contributed by atoms with Crippen LogP contribution < -0.4 is 14.2 Å². The van der Waals surface area contributed by atoms with Crippen LogP contribution >= 0.6 is 0 Å². The lowest BCUT2D eigenvalue weighted by Crippen LogP contribution is -2.61. The predicted molar refractivity (Wildman–Crippen MR) is 99.4 cm³/mol. The number of ether oxygens (including phenoxy) is 5. The average molecular weight is 379 g/mol. The van der Waals surface area contributed by atoms with Gasteiger partial charge in [-0.1, -0.05) is 0 Å². The van der Waals surface area contributed by atoms with Crippen molar-refractivity contribution in [3.8, 4) is 17.2 Å². The third-order valence-electron chi connectivity index (χ3n) is 5.63. The first-order chi connectivity index (χ1) is 12.9. The van der Waals surface area contributed by atoms with Crippen LogP contribution in [0.1, 0.15) is 25.8 Å². The van der Waals surface area contributed by atoms with Crippen LogP contribution in [-0.4, -0.2) is 64.2 Å². The lowest BCUT2D eigenvalue weighted by molar-refractivity contribution is -0.247. The van der Waals surface area contributed by atoms with Gasteiger partial charge in [0.15, 0.2) is 17.3 Å². The van der Waals surface area contributed by atoms with Gasteiger partial charge in [0, 0.05) is 19.5 Å². The van der Waals surface area contributed by atoms with E-state index in [0.717, 1.165) is 5.56 Å². The summed E-state index contributed by atoms with van der Waals surface area (Å²) in [6.07, 6.45) is 1.37. The molecule has 1 aromatic rings. The minimum absolute atomic E-state index is 0.0584. The predicted octanol–water partition coefficient (Wildman–Crippen LogP) is 2.26. The van der Waals surface area contributed by atoms with Crippen molar-refractivity contribution in [2.75, 3.05) is 47.6 Å². The summed E-state index contributed by atoms with van der Waals surface area (Å²) in [5.41, 5.74) is 0.306. The maximum Gasteiger partial charge on any atom is 0.233 e. The van der Waals surface area contributed by atoms with Crippen LogP contribution in [0.25, 0.3) is 0 Å². The number of carbonyl (C=O) groups is 1. The zero-order valence-electron chi connectivity index (χ0n) is 16.8. The lowest BCUT2D eigenvalue weighted by atomic mass is 9.76. The van der Waals surface area contributed by atoms with Crippen LogP contribution in [0.4, 0.5) is 0 Å². The minimum Gasteiger partial charge on any atom is -0.493 e. The van der Waals surface area contributed by atoms with Gasteiger partial charge in [-0.05, 0) is 38.0 Å². The largest absolute Gasteiger partial charge is 0.493 e. The fourth-order valence-corrected chi connectivity index (χ4v) is 3.97. The molecule has 0 bridgehead atoms. The molecule has 2 aliphatic rings. The van der Waals surface area contributed by atoms with Gasteiger partial charge >= 0.3 is 0 Å². The van der Waals surface area contributed by atoms with Crippen LogP contribution in [-0.2, 0) is 20.7 Å². The zero-order chi connectivity index (χ0) is 19.7. The quantitative estimate of drug-likeness (QED) is 0.755. The summed E-state index contributed by atoms with van der Waals surface area (Å²) in [4.78, 5) is 15.0. The molecule has 7 heteroatoms. The van der Waals surface area contributed by atoms with Gasteiger partial charge in [0.05, 0.1) is 40.0 Å². The molecule has 1 spiro atoms. The summed E-state index contributed by atoms with van der Waals surface area (Å²) in [6.45, 7) is 6.13. The minimum atomic E-state index is -0.785. The number of nitrogens with zero attached hydrogens (tertiary/aromatic N) is 1. The second-order valence-electron chi connectivity index (χ2n) is 7.40. The fraction of sp³-hybridized carbons (Fsp3) is 0.650. The van der Waals surface area contributed by atoms with Crippen molar-refractivity contribution >= 4 is 5.91 Å². The van der Waals surface area contributed by atoms with E-state index < -0.39 is 11.2 Å². The Balaban J connectivity index is 1.73. The smallest absolute Gasteiger partial charge is 0.233 e. The highest BCUT2D eigenvalue weighted by Crippen LogP contribution is 2.45. The number of hydrogen-bond acceptors (Lipinski definition) is 6. The maximum absolute atomic E-state index is 13.1. The van der Waals surface area contributed by atoms with Crippen molar-refractivity contribution < 1.29 is 28.5 Å². The number of piperidine rings is 1. The third-order valence-corrected chi connectivity index (χ3v) is 5.63. The molecule has 0 atom stereocenters. The van der Waals surface area contributed by atoms with Crippen molar-refractivity contribution in [2.45, 2.75) is 32.5 Å². The van der Waals surface area contributed by atoms with Crippen molar-refractivity contribution in [1.82, 2.24) is 4.90 Å². The fourth-order valence-electron chi connectivity index (χ4n) is 3.97. The van der Waals surface area contributed by atoms with Crippen molar-refractivity contribution in [3.63, 3.8) is 0 Å². The van der Waals surface area contributed by atoms with Gasteiger partial charge in [0.1, 0.15) is 0 Å². The Morgan fingerprint density at radius 1 is 1.04 bits per heavy atom. The Labute approximate surface area is 160 Å². The Morgan fingerprint density at radius 2 is 1.63 bits per heavy atom. The van der Waals surface area contributed by atoms with Gasteiger partial charge in [0.2, 0.25) is 11.7 Å². The van der Waals surface area contributed by atoms with Gasteiger partial charge < -0.3 is 28.6 Å². The number of likely N-dealkylation sites (tertiary alicyclic amines) is 1. The molecule has 0 aliphatic carbocycles. The van der Waals surface area contributed by atoms with Gasteiger partial charge in [0.25, 0.3) is 0 Å². The molecule has 7 nitrogen and oxygen atoms in total. The molecule has 2 saturated heterocycles. The van der Waals surface area contributed by atoms with Crippen LogP contribution in [0, 0.1) is 5.41 Å². The topological polar surface area (TPSA) is 66.5 Å². The highest BCUT2D eigenvalue weighted by Gasteiger charge is 2.58. The van der Waals surface area contributed by atoms with E-state index in [1.165, 1.54) is 0 Å². The first-order valence-electron chi connectivity index (χ1n) is 9.24. The Bertz CT molecular complexity index is 671. The van der Waals surface area contributed by atoms with E-state index in [9.17, 15) is 4.79 Å². The Morgan fingerprint density at radius 3 is 2.15 bits per heavy atom. The average Bonchev–Trinajstić information content (AvgIpc) is 3.16. The second kappa shape index (κ2) is 7.56. The number of carbonyl (C=O) groups excluding carboxylic acids is 1. The number of hydrogen-bond donors (Lipinski definition) is 0. The van der Waals surface area contributed by atoms with Gasteiger partial charge in [-0.25, -0.2) is 0 Å². The van der Waals surface area contributed by atoms with Gasteiger partial charge in [-0.2, -0.15) is 0 Å². The van der Waals surface area contributed by atoms with E-state index in [1.54, 1.807) is 21.3 Å². The molecule has 0 radical (unpaired) electrons. The summed E-state index contributed by atoms with van der Waals surface area (Å²) < 4.78 is 27.9. The highest BCUT2D eigenvalue weighted by molar-refractivity contribution is 5.84. The van der Waals surface area contributed by atoms with Crippen LogP contribution in [0.5, 0.6) is 17.2 Å². The molecule has 2 fully saturated rings. The van der Waals surface area contributed by atoms with Crippen LogP contribution in [0.15, 0.2) is 12.1 Å². The molecule has 2 aliphatic heterocycles. The molecule has 150 valence electrons. The summed E-state index contributed by atoms with van der Waals surface area (Å²) in [5, 5.41) is 0. The number of methoxy groups -OCH3 is 3. The standard InChI is InChI=1S/C20H29NO6/c1-19(2)18(22)21(9-7-20(19)26-10-11-27-20)8-6-14-12-15(23-3)17(25-5)16(13-14)24-4/h12-13H,6-11H2,1-5H3. The van der Waals surface area contributed by atoms with Gasteiger partial charge in [-0.3, -0.25) is 4.79 Å². The first kappa shape index (κ1) is 19.8. The summed E-state index contributed by atoms with van der Waals surface area (Å²) >= 11 is 0. The molecule has 0 saturated carbocycles. The Hall–Kier alpha value is -1.99. The summed E-state index contributed by atoms with van der Waals surface area (Å²) in [7, 11) is 4.77.